The molecule has 0 bridgehead atoms. The van der Waals surface area contributed by atoms with Crippen molar-refractivity contribution in [1.82, 2.24) is 14.8 Å². The number of anilines is 1. The number of carbonyl (C=O) groups excluding carboxylic acids is 2. The lowest BCUT2D eigenvalue weighted by molar-refractivity contribution is -0.114. The van der Waals surface area contributed by atoms with Crippen LogP contribution in [-0.4, -0.2) is 32.2 Å². The van der Waals surface area contributed by atoms with Gasteiger partial charge in [-0.05, 0) is 43.3 Å². The van der Waals surface area contributed by atoms with Gasteiger partial charge in [0.25, 0.3) is 0 Å². The molecule has 0 aliphatic carbocycles. The molecule has 7 heteroatoms. The van der Waals surface area contributed by atoms with E-state index in [1.165, 1.54) is 18.7 Å². The predicted molar refractivity (Wildman–Crippen MR) is 102 cm³/mol. The van der Waals surface area contributed by atoms with Gasteiger partial charge in [0.15, 0.2) is 10.9 Å². The molecular weight excluding hydrogens is 348 g/mol. The largest absolute Gasteiger partial charge is 0.326 e. The van der Waals surface area contributed by atoms with E-state index >= 15 is 0 Å². The Labute approximate surface area is 155 Å². The van der Waals surface area contributed by atoms with Crippen molar-refractivity contribution in [3.8, 4) is 5.69 Å². The van der Waals surface area contributed by atoms with Crippen molar-refractivity contribution >= 4 is 29.1 Å². The van der Waals surface area contributed by atoms with Gasteiger partial charge in [-0.3, -0.25) is 14.2 Å². The number of amides is 1. The van der Waals surface area contributed by atoms with Crippen LogP contribution in [0.15, 0.2) is 59.8 Å². The van der Waals surface area contributed by atoms with Crippen LogP contribution < -0.4 is 5.32 Å². The van der Waals surface area contributed by atoms with Crippen molar-refractivity contribution in [2.24, 2.45) is 0 Å². The van der Waals surface area contributed by atoms with Crippen LogP contribution in [0.5, 0.6) is 0 Å². The molecular formula is C19H18N4O2S. The van der Waals surface area contributed by atoms with Crippen LogP contribution in [0.2, 0.25) is 0 Å². The number of rotatable bonds is 6. The number of nitrogens with zero attached hydrogens (tertiary/aromatic N) is 3. The molecule has 1 amide bonds. The minimum absolute atomic E-state index is 0.00959. The smallest absolute Gasteiger partial charge is 0.221 e. The molecule has 26 heavy (non-hydrogen) atoms. The summed E-state index contributed by atoms with van der Waals surface area (Å²) in [5.41, 5.74) is 2.22. The van der Waals surface area contributed by atoms with Crippen LogP contribution in [0.3, 0.4) is 0 Å². The molecule has 0 radical (unpaired) electrons. The maximum absolute atomic E-state index is 12.4. The van der Waals surface area contributed by atoms with Crippen LogP contribution in [0.1, 0.15) is 23.1 Å². The lowest BCUT2D eigenvalue weighted by Gasteiger charge is -2.08. The van der Waals surface area contributed by atoms with E-state index in [1.54, 1.807) is 24.3 Å². The third kappa shape index (κ3) is 4.18. The number of para-hydroxylation sites is 1. The molecule has 1 aromatic heterocycles. The van der Waals surface area contributed by atoms with Gasteiger partial charge in [-0.2, -0.15) is 0 Å². The summed E-state index contributed by atoms with van der Waals surface area (Å²) in [4.78, 5) is 23.5. The number of aryl methyl sites for hydroxylation is 1. The molecule has 0 saturated heterocycles. The molecule has 132 valence electrons. The third-order valence-corrected chi connectivity index (χ3v) is 4.60. The second-order valence-corrected chi connectivity index (χ2v) is 6.61. The zero-order chi connectivity index (χ0) is 18.5. The average Bonchev–Trinajstić information content (AvgIpc) is 3.01. The first-order valence-corrected chi connectivity index (χ1v) is 9.04. The molecule has 0 aliphatic heterocycles. The molecule has 0 saturated carbocycles. The van der Waals surface area contributed by atoms with Gasteiger partial charge in [-0.1, -0.05) is 30.0 Å². The van der Waals surface area contributed by atoms with Crippen molar-refractivity contribution in [2.45, 2.75) is 19.0 Å². The van der Waals surface area contributed by atoms with E-state index in [0.29, 0.717) is 16.4 Å². The van der Waals surface area contributed by atoms with Gasteiger partial charge in [0.2, 0.25) is 5.91 Å². The number of hydrogen-bond donors (Lipinski definition) is 1. The van der Waals surface area contributed by atoms with Crippen LogP contribution in [-0.2, 0) is 4.79 Å². The SMILES string of the molecule is CC(=O)Nc1ccc(C(=O)CSc2nnc(C)n2-c2ccccc2)cc1. The highest BCUT2D eigenvalue weighted by Gasteiger charge is 2.14. The molecule has 0 atom stereocenters. The lowest BCUT2D eigenvalue weighted by atomic mass is 10.1. The molecule has 0 aliphatic rings. The zero-order valence-corrected chi connectivity index (χ0v) is 15.3. The molecule has 1 heterocycles. The summed E-state index contributed by atoms with van der Waals surface area (Å²) in [6, 6.07) is 16.7. The van der Waals surface area contributed by atoms with Gasteiger partial charge in [0, 0.05) is 23.9 Å². The summed E-state index contributed by atoms with van der Waals surface area (Å²) in [6.07, 6.45) is 0. The van der Waals surface area contributed by atoms with Crippen LogP contribution in [0.4, 0.5) is 5.69 Å². The minimum Gasteiger partial charge on any atom is -0.326 e. The Kier molecular flexibility index (Phi) is 5.48. The molecule has 1 N–H and O–H groups in total. The quantitative estimate of drug-likeness (QED) is 0.534. The summed E-state index contributed by atoms with van der Waals surface area (Å²) in [5, 5.41) is 11.7. The molecule has 0 unspecified atom stereocenters. The summed E-state index contributed by atoms with van der Waals surface area (Å²) in [6.45, 7) is 3.33. The topological polar surface area (TPSA) is 76.9 Å². The second-order valence-electron chi connectivity index (χ2n) is 5.67. The van der Waals surface area contributed by atoms with E-state index in [4.69, 9.17) is 0 Å². The highest BCUT2D eigenvalue weighted by molar-refractivity contribution is 7.99. The van der Waals surface area contributed by atoms with Crippen molar-refractivity contribution in [3.05, 3.63) is 66.0 Å². The van der Waals surface area contributed by atoms with E-state index in [1.807, 2.05) is 41.8 Å². The van der Waals surface area contributed by atoms with Crippen molar-refractivity contribution in [2.75, 3.05) is 11.1 Å². The van der Waals surface area contributed by atoms with Crippen LogP contribution in [0.25, 0.3) is 5.69 Å². The Hall–Kier alpha value is -2.93. The fraction of sp³-hybridized carbons (Fsp3) is 0.158. The van der Waals surface area contributed by atoms with Crippen molar-refractivity contribution in [3.63, 3.8) is 0 Å². The maximum Gasteiger partial charge on any atom is 0.221 e. The molecule has 0 spiro atoms. The maximum atomic E-state index is 12.4. The summed E-state index contributed by atoms with van der Waals surface area (Å²) < 4.78 is 1.93. The van der Waals surface area contributed by atoms with Crippen LogP contribution >= 0.6 is 11.8 Å². The number of thioether (sulfide) groups is 1. The third-order valence-electron chi connectivity index (χ3n) is 3.67. The summed E-state index contributed by atoms with van der Waals surface area (Å²) in [7, 11) is 0. The molecule has 3 rings (SSSR count). The highest BCUT2D eigenvalue weighted by Crippen LogP contribution is 2.22. The first kappa shape index (κ1) is 17.9. The number of carbonyl (C=O) groups is 2. The van der Waals surface area contributed by atoms with Gasteiger partial charge >= 0.3 is 0 Å². The van der Waals surface area contributed by atoms with E-state index < -0.39 is 0 Å². The Balaban J connectivity index is 1.70. The second kappa shape index (κ2) is 7.97. The minimum atomic E-state index is -0.143. The Bertz CT molecular complexity index is 920. The lowest BCUT2D eigenvalue weighted by Crippen LogP contribution is -2.07. The van der Waals surface area contributed by atoms with Gasteiger partial charge in [0.05, 0.1) is 5.75 Å². The van der Waals surface area contributed by atoms with Gasteiger partial charge in [0.1, 0.15) is 5.82 Å². The predicted octanol–water partition coefficient (Wildman–Crippen LogP) is 3.51. The first-order valence-electron chi connectivity index (χ1n) is 8.05. The number of hydrogen-bond acceptors (Lipinski definition) is 5. The van der Waals surface area contributed by atoms with E-state index in [0.717, 1.165) is 11.5 Å². The van der Waals surface area contributed by atoms with Crippen molar-refractivity contribution < 1.29 is 9.59 Å². The van der Waals surface area contributed by atoms with E-state index in [9.17, 15) is 9.59 Å². The Morgan fingerprint density at radius 3 is 2.38 bits per heavy atom. The molecule has 6 nitrogen and oxygen atoms in total. The number of Topliss-reactive ketones (excluding diaryl/α,β-unsaturated/α-hetero) is 1. The van der Waals surface area contributed by atoms with Crippen molar-refractivity contribution in [1.29, 1.82) is 0 Å². The Morgan fingerprint density at radius 2 is 1.73 bits per heavy atom. The molecule has 3 aromatic rings. The van der Waals surface area contributed by atoms with E-state index in [-0.39, 0.29) is 17.4 Å². The number of nitrogens with one attached hydrogen (secondary N) is 1. The van der Waals surface area contributed by atoms with E-state index in [2.05, 4.69) is 15.5 Å². The average molecular weight is 366 g/mol. The summed E-state index contributed by atoms with van der Waals surface area (Å²) >= 11 is 1.35. The van der Waals surface area contributed by atoms with Gasteiger partial charge < -0.3 is 5.32 Å². The van der Waals surface area contributed by atoms with Crippen LogP contribution in [0, 0.1) is 6.92 Å². The number of benzene rings is 2. The molecule has 2 aromatic carbocycles. The fourth-order valence-corrected chi connectivity index (χ4v) is 3.36. The van der Waals surface area contributed by atoms with Gasteiger partial charge in [-0.25, -0.2) is 0 Å². The standard InChI is InChI=1S/C19H18N4O2S/c1-13-21-22-19(23(13)17-6-4-3-5-7-17)26-12-18(25)15-8-10-16(11-9-15)20-14(2)24/h3-11H,12H2,1-2H3,(H,20,24). The highest BCUT2D eigenvalue weighted by atomic mass is 32.2. The fourth-order valence-electron chi connectivity index (χ4n) is 2.47. The Morgan fingerprint density at radius 1 is 1.04 bits per heavy atom. The number of aromatic nitrogens is 3. The zero-order valence-electron chi connectivity index (χ0n) is 14.5. The van der Waals surface area contributed by atoms with Gasteiger partial charge in [-0.15, -0.1) is 10.2 Å². The molecule has 0 fully saturated rings. The normalized spacial score (nSPS) is 10.5. The number of ketones is 1. The first-order chi connectivity index (χ1) is 12.5. The monoisotopic (exact) mass is 366 g/mol. The summed E-state index contributed by atoms with van der Waals surface area (Å²) in [5.74, 6) is 0.871.